The Hall–Kier alpha value is -4.12. The molecular formula is C25H21F2N5O. The van der Waals surface area contributed by atoms with Gasteiger partial charge in [-0.3, -0.25) is 15.1 Å². The van der Waals surface area contributed by atoms with Crippen molar-refractivity contribution in [3.63, 3.8) is 0 Å². The SMILES string of the molecule is CNC(=N)c1ccc(C#N)cc1-c1cc(C)nc(N2Cc3c(cccc3C(C)(F)F)C2=O)c1. The molecule has 0 bridgehead atoms. The zero-order valence-corrected chi connectivity index (χ0v) is 18.3. The number of nitrogens with zero attached hydrogens (tertiary/aromatic N) is 3. The van der Waals surface area contributed by atoms with Crippen LogP contribution in [0.3, 0.4) is 0 Å². The highest BCUT2D eigenvalue weighted by Crippen LogP contribution is 2.38. The fourth-order valence-corrected chi connectivity index (χ4v) is 4.08. The van der Waals surface area contributed by atoms with Gasteiger partial charge in [-0.05, 0) is 60.0 Å². The second-order valence-electron chi connectivity index (χ2n) is 7.96. The number of rotatable bonds is 4. The third kappa shape index (κ3) is 3.94. The number of carbonyl (C=O) groups excluding carboxylic acids is 1. The number of pyridine rings is 1. The number of halogens is 2. The molecule has 6 nitrogen and oxygen atoms in total. The van der Waals surface area contributed by atoms with Gasteiger partial charge >= 0.3 is 0 Å². The third-order valence-corrected chi connectivity index (χ3v) is 5.64. The van der Waals surface area contributed by atoms with Crippen molar-refractivity contribution in [2.24, 2.45) is 0 Å². The Morgan fingerprint density at radius 1 is 1.21 bits per heavy atom. The summed E-state index contributed by atoms with van der Waals surface area (Å²) in [5.74, 6) is -2.98. The number of alkyl halides is 2. The fraction of sp³-hybridized carbons (Fsp3) is 0.200. The van der Waals surface area contributed by atoms with Crippen LogP contribution < -0.4 is 10.2 Å². The minimum absolute atomic E-state index is 0.0128. The third-order valence-electron chi connectivity index (χ3n) is 5.64. The molecule has 1 amide bonds. The number of hydrogen-bond acceptors (Lipinski definition) is 4. The Morgan fingerprint density at radius 2 is 1.97 bits per heavy atom. The molecule has 0 unspecified atom stereocenters. The van der Waals surface area contributed by atoms with Crippen LogP contribution in [0.5, 0.6) is 0 Å². The molecule has 0 saturated carbocycles. The van der Waals surface area contributed by atoms with E-state index >= 15 is 0 Å². The summed E-state index contributed by atoms with van der Waals surface area (Å²) in [5.41, 5.74) is 3.27. The molecule has 0 radical (unpaired) electrons. The number of benzene rings is 2. The summed E-state index contributed by atoms with van der Waals surface area (Å²) < 4.78 is 28.3. The standard InChI is InChI=1S/C25H21F2N5O/c1-14-9-16(19-10-15(12-28)7-8-17(19)23(29)30-3)11-22(31-14)32-13-20-18(24(32)33)5-4-6-21(20)25(2,26)27/h4-11H,13H2,1-3H3,(H2,29,30). The fourth-order valence-electron chi connectivity index (χ4n) is 4.08. The maximum atomic E-state index is 14.1. The lowest BCUT2D eigenvalue weighted by Crippen LogP contribution is -2.24. The number of nitrogens with one attached hydrogen (secondary N) is 2. The van der Waals surface area contributed by atoms with Crippen LogP contribution in [0.25, 0.3) is 11.1 Å². The Kier molecular flexibility index (Phi) is 5.42. The van der Waals surface area contributed by atoms with E-state index in [9.17, 15) is 18.8 Å². The predicted octanol–water partition coefficient (Wildman–Crippen LogP) is 4.75. The largest absolute Gasteiger partial charge is 0.373 e. The van der Waals surface area contributed by atoms with E-state index in [2.05, 4.69) is 16.4 Å². The molecular weight excluding hydrogens is 424 g/mol. The molecule has 8 heteroatoms. The molecule has 2 heterocycles. The summed E-state index contributed by atoms with van der Waals surface area (Å²) in [6.07, 6.45) is 0. The van der Waals surface area contributed by atoms with E-state index in [4.69, 9.17) is 5.41 Å². The predicted molar refractivity (Wildman–Crippen MR) is 122 cm³/mol. The Balaban J connectivity index is 1.83. The summed E-state index contributed by atoms with van der Waals surface area (Å²) in [6, 6.07) is 14.9. The highest BCUT2D eigenvalue weighted by Gasteiger charge is 2.37. The number of anilines is 1. The first-order valence-electron chi connectivity index (χ1n) is 10.3. The van der Waals surface area contributed by atoms with Crippen LogP contribution in [0, 0.1) is 23.7 Å². The summed E-state index contributed by atoms with van der Waals surface area (Å²) in [6.45, 7) is 2.57. The van der Waals surface area contributed by atoms with Crippen LogP contribution in [0.15, 0.2) is 48.5 Å². The monoisotopic (exact) mass is 445 g/mol. The molecule has 0 saturated heterocycles. The van der Waals surface area contributed by atoms with Crippen molar-refractivity contribution in [1.82, 2.24) is 10.3 Å². The number of aryl methyl sites for hydroxylation is 1. The molecule has 2 N–H and O–H groups in total. The average molecular weight is 445 g/mol. The van der Waals surface area contributed by atoms with Crippen molar-refractivity contribution in [1.29, 1.82) is 10.7 Å². The number of aromatic nitrogens is 1. The van der Waals surface area contributed by atoms with Crippen LogP contribution in [0.2, 0.25) is 0 Å². The van der Waals surface area contributed by atoms with Crippen molar-refractivity contribution in [2.45, 2.75) is 26.3 Å². The Labute approximate surface area is 190 Å². The van der Waals surface area contributed by atoms with E-state index in [1.165, 1.54) is 17.0 Å². The zero-order chi connectivity index (χ0) is 23.9. The number of amidine groups is 1. The Bertz CT molecular complexity index is 1340. The second kappa shape index (κ2) is 8.10. The number of amides is 1. The van der Waals surface area contributed by atoms with E-state index in [-0.39, 0.29) is 23.5 Å². The number of carbonyl (C=O) groups is 1. The summed E-state index contributed by atoms with van der Waals surface area (Å²) >= 11 is 0. The smallest absolute Gasteiger partial charge is 0.270 e. The molecule has 2 aromatic carbocycles. The molecule has 0 atom stereocenters. The molecule has 33 heavy (non-hydrogen) atoms. The first kappa shape index (κ1) is 22.1. The van der Waals surface area contributed by atoms with Crippen LogP contribution in [-0.4, -0.2) is 23.8 Å². The second-order valence-corrected chi connectivity index (χ2v) is 7.96. The molecule has 1 aliphatic heterocycles. The van der Waals surface area contributed by atoms with Gasteiger partial charge < -0.3 is 5.32 Å². The van der Waals surface area contributed by atoms with Gasteiger partial charge in [0, 0.05) is 36.4 Å². The van der Waals surface area contributed by atoms with E-state index in [1.54, 1.807) is 50.4 Å². The lowest BCUT2D eigenvalue weighted by atomic mass is 9.96. The summed E-state index contributed by atoms with van der Waals surface area (Å²) in [5, 5.41) is 20.4. The van der Waals surface area contributed by atoms with Crippen LogP contribution in [0.1, 0.15) is 45.2 Å². The molecule has 1 aliphatic rings. The molecule has 1 aromatic heterocycles. The quantitative estimate of drug-likeness (QED) is 0.448. The molecule has 166 valence electrons. The first-order chi connectivity index (χ1) is 15.6. The molecule has 0 fully saturated rings. The van der Waals surface area contributed by atoms with Gasteiger partial charge in [0.1, 0.15) is 11.7 Å². The normalized spacial score (nSPS) is 13.0. The Morgan fingerprint density at radius 3 is 2.64 bits per heavy atom. The van der Waals surface area contributed by atoms with E-state index in [0.717, 1.165) is 6.92 Å². The van der Waals surface area contributed by atoms with Crippen molar-refractivity contribution in [3.05, 3.63) is 82.0 Å². The van der Waals surface area contributed by atoms with Gasteiger partial charge in [-0.15, -0.1) is 0 Å². The highest BCUT2D eigenvalue weighted by atomic mass is 19.3. The lowest BCUT2D eigenvalue weighted by Gasteiger charge is -2.19. The molecule has 0 spiro atoms. The lowest BCUT2D eigenvalue weighted by molar-refractivity contribution is 0.0166. The van der Waals surface area contributed by atoms with E-state index in [1.807, 2.05) is 0 Å². The summed E-state index contributed by atoms with van der Waals surface area (Å²) in [4.78, 5) is 19.0. The first-order valence-corrected chi connectivity index (χ1v) is 10.3. The number of fused-ring (bicyclic) bond motifs is 1. The van der Waals surface area contributed by atoms with Crippen molar-refractivity contribution >= 4 is 17.6 Å². The van der Waals surface area contributed by atoms with Gasteiger partial charge in [-0.2, -0.15) is 5.26 Å². The van der Waals surface area contributed by atoms with Crippen LogP contribution in [-0.2, 0) is 12.5 Å². The van der Waals surface area contributed by atoms with Gasteiger partial charge in [0.2, 0.25) is 0 Å². The van der Waals surface area contributed by atoms with Gasteiger partial charge in [0.05, 0.1) is 18.2 Å². The molecule has 0 aliphatic carbocycles. The minimum Gasteiger partial charge on any atom is -0.373 e. The molecule has 4 rings (SSSR count). The van der Waals surface area contributed by atoms with Crippen LogP contribution >= 0.6 is 0 Å². The van der Waals surface area contributed by atoms with Crippen LogP contribution in [0.4, 0.5) is 14.6 Å². The molecule has 3 aromatic rings. The van der Waals surface area contributed by atoms with Crippen molar-refractivity contribution < 1.29 is 13.6 Å². The topological polar surface area (TPSA) is 92.9 Å². The average Bonchev–Trinajstić information content (AvgIpc) is 3.13. The summed E-state index contributed by atoms with van der Waals surface area (Å²) in [7, 11) is 1.63. The number of hydrogen-bond donors (Lipinski definition) is 2. The maximum absolute atomic E-state index is 14.1. The van der Waals surface area contributed by atoms with Gasteiger partial charge in [-0.25, -0.2) is 13.8 Å². The van der Waals surface area contributed by atoms with Gasteiger partial charge in [0.25, 0.3) is 11.8 Å². The van der Waals surface area contributed by atoms with E-state index in [0.29, 0.717) is 39.3 Å². The minimum atomic E-state index is -3.08. The highest BCUT2D eigenvalue weighted by molar-refractivity contribution is 6.10. The van der Waals surface area contributed by atoms with Crippen molar-refractivity contribution in [2.75, 3.05) is 11.9 Å². The van der Waals surface area contributed by atoms with Crippen molar-refractivity contribution in [3.8, 4) is 17.2 Å². The van der Waals surface area contributed by atoms with Gasteiger partial charge in [0.15, 0.2) is 0 Å². The zero-order valence-electron chi connectivity index (χ0n) is 18.3. The van der Waals surface area contributed by atoms with E-state index < -0.39 is 11.8 Å². The van der Waals surface area contributed by atoms with Gasteiger partial charge in [-0.1, -0.05) is 12.1 Å². The maximum Gasteiger partial charge on any atom is 0.270 e. The number of nitriles is 1.